The Morgan fingerprint density at radius 2 is 1.71 bits per heavy atom. The molecule has 1 N–H and O–H groups in total. The first-order valence-corrected chi connectivity index (χ1v) is 13.0. The van der Waals surface area contributed by atoms with E-state index in [1.165, 1.54) is 12.8 Å². The Hall–Kier alpha value is -2.22. The summed E-state index contributed by atoms with van der Waals surface area (Å²) in [5, 5.41) is 3.24. The summed E-state index contributed by atoms with van der Waals surface area (Å²) in [5.41, 5.74) is 1.03. The lowest BCUT2D eigenvalue weighted by Gasteiger charge is -2.40. The fourth-order valence-electron chi connectivity index (χ4n) is 5.45. The van der Waals surface area contributed by atoms with E-state index in [0.29, 0.717) is 19.0 Å². The summed E-state index contributed by atoms with van der Waals surface area (Å²) in [6, 6.07) is 9.84. The van der Waals surface area contributed by atoms with E-state index in [2.05, 4.69) is 15.1 Å². The van der Waals surface area contributed by atoms with Crippen molar-refractivity contribution in [3.63, 3.8) is 0 Å². The summed E-state index contributed by atoms with van der Waals surface area (Å²) in [6.45, 7) is 8.19. The van der Waals surface area contributed by atoms with E-state index in [-0.39, 0.29) is 17.9 Å². The van der Waals surface area contributed by atoms with Gasteiger partial charge in [0.15, 0.2) is 0 Å². The average Bonchev–Trinajstić information content (AvgIpc) is 3.41. The van der Waals surface area contributed by atoms with Crippen LogP contribution in [0.1, 0.15) is 37.7 Å². The van der Waals surface area contributed by atoms with E-state index >= 15 is 0 Å². The van der Waals surface area contributed by atoms with E-state index < -0.39 is 0 Å². The molecule has 1 unspecified atom stereocenters. The Kier molecular flexibility index (Phi) is 9.53. The summed E-state index contributed by atoms with van der Waals surface area (Å²) >= 11 is 0. The average molecular weight is 469 g/mol. The van der Waals surface area contributed by atoms with Crippen molar-refractivity contribution in [1.29, 1.82) is 0 Å². The maximum absolute atomic E-state index is 13.3. The number of piperazine rings is 1. The van der Waals surface area contributed by atoms with Gasteiger partial charge in [-0.15, -0.1) is 0 Å². The maximum atomic E-state index is 13.3. The second-order valence-corrected chi connectivity index (χ2v) is 9.69. The molecule has 2 heterocycles. The van der Waals surface area contributed by atoms with Crippen LogP contribution in [0.4, 0.5) is 0 Å². The molecular formula is C27H40N4O3. The third kappa shape index (κ3) is 7.14. The standard InChI is InChI=1S/C27H40N4O3/c32-25(12-11-23-7-2-1-3-8-23)30-15-17-31(18-16-30)26(24-9-4-5-10-24)27(33)28-13-6-14-29-19-21-34-22-20-29/h1-3,7-8,11-12,24,26H,4-6,9-10,13-22H2,(H,28,33)/b12-11+. The molecule has 2 aliphatic heterocycles. The van der Waals surface area contributed by atoms with Crippen molar-refractivity contribution >= 4 is 17.9 Å². The Balaban J connectivity index is 1.25. The van der Waals surface area contributed by atoms with Crippen LogP contribution in [0, 0.1) is 5.92 Å². The third-order valence-electron chi connectivity index (χ3n) is 7.41. The van der Waals surface area contributed by atoms with Gasteiger partial charge in [-0.1, -0.05) is 43.2 Å². The molecule has 1 aromatic carbocycles. The summed E-state index contributed by atoms with van der Waals surface area (Å²) in [4.78, 5) is 32.6. The Morgan fingerprint density at radius 1 is 1.00 bits per heavy atom. The van der Waals surface area contributed by atoms with E-state index in [4.69, 9.17) is 4.74 Å². The highest BCUT2D eigenvalue weighted by Crippen LogP contribution is 2.31. The van der Waals surface area contributed by atoms with Gasteiger partial charge in [-0.25, -0.2) is 0 Å². The van der Waals surface area contributed by atoms with Gasteiger partial charge in [-0.2, -0.15) is 0 Å². The summed E-state index contributed by atoms with van der Waals surface area (Å²) < 4.78 is 5.41. The molecule has 34 heavy (non-hydrogen) atoms. The highest BCUT2D eigenvalue weighted by molar-refractivity contribution is 5.91. The van der Waals surface area contributed by atoms with E-state index in [0.717, 1.165) is 77.3 Å². The summed E-state index contributed by atoms with van der Waals surface area (Å²) in [7, 11) is 0. The monoisotopic (exact) mass is 468 g/mol. The molecule has 3 fully saturated rings. The van der Waals surface area contributed by atoms with Crippen molar-refractivity contribution in [3.8, 4) is 0 Å². The largest absolute Gasteiger partial charge is 0.379 e. The lowest BCUT2D eigenvalue weighted by Crippen LogP contribution is -2.58. The molecule has 3 aliphatic rings. The van der Waals surface area contributed by atoms with Crippen LogP contribution in [0.15, 0.2) is 36.4 Å². The minimum absolute atomic E-state index is 0.0495. The normalized spacial score (nSPS) is 21.7. The number of carbonyl (C=O) groups is 2. The number of ether oxygens (including phenoxy) is 1. The molecule has 7 heteroatoms. The van der Waals surface area contributed by atoms with Crippen LogP contribution in [-0.4, -0.2) is 98.1 Å². The molecule has 0 spiro atoms. The predicted molar refractivity (Wildman–Crippen MR) is 134 cm³/mol. The Bertz CT molecular complexity index is 795. The molecule has 2 amide bonds. The van der Waals surface area contributed by atoms with Crippen LogP contribution in [0.5, 0.6) is 0 Å². The van der Waals surface area contributed by atoms with Crippen molar-refractivity contribution in [2.45, 2.75) is 38.1 Å². The van der Waals surface area contributed by atoms with Crippen LogP contribution in [0.3, 0.4) is 0 Å². The first-order valence-electron chi connectivity index (χ1n) is 13.0. The first-order chi connectivity index (χ1) is 16.7. The smallest absolute Gasteiger partial charge is 0.246 e. The minimum Gasteiger partial charge on any atom is -0.379 e. The van der Waals surface area contributed by atoms with E-state index in [1.54, 1.807) is 6.08 Å². The van der Waals surface area contributed by atoms with Gasteiger partial charge in [0.2, 0.25) is 11.8 Å². The number of rotatable bonds is 9. The van der Waals surface area contributed by atoms with Crippen molar-refractivity contribution in [1.82, 2.24) is 20.0 Å². The number of nitrogens with one attached hydrogen (secondary N) is 1. The fourth-order valence-corrected chi connectivity index (χ4v) is 5.45. The number of nitrogens with zero attached hydrogens (tertiary/aromatic N) is 3. The van der Waals surface area contributed by atoms with Crippen molar-refractivity contribution < 1.29 is 14.3 Å². The molecule has 0 radical (unpaired) electrons. The zero-order valence-corrected chi connectivity index (χ0v) is 20.4. The molecule has 2 saturated heterocycles. The van der Waals surface area contributed by atoms with Crippen molar-refractivity contribution in [2.24, 2.45) is 5.92 Å². The maximum Gasteiger partial charge on any atom is 0.246 e. The SMILES string of the molecule is O=C(NCCCN1CCOCC1)C(C1CCCC1)N1CCN(C(=O)/C=C/c2ccccc2)CC1. The molecule has 1 saturated carbocycles. The first kappa shape index (κ1) is 24.9. The number of hydrogen-bond acceptors (Lipinski definition) is 5. The van der Waals surface area contributed by atoms with Crippen LogP contribution >= 0.6 is 0 Å². The van der Waals surface area contributed by atoms with Crippen molar-refractivity contribution in [3.05, 3.63) is 42.0 Å². The molecule has 0 bridgehead atoms. The molecule has 1 atom stereocenters. The van der Waals surface area contributed by atoms with Gasteiger partial charge < -0.3 is 15.0 Å². The van der Waals surface area contributed by atoms with Gasteiger partial charge in [0, 0.05) is 51.9 Å². The predicted octanol–water partition coefficient (Wildman–Crippen LogP) is 2.24. The molecule has 0 aromatic heterocycles. The van der Waals surface area contributed by atoms with Crippen LogP contribution in [0.2, 0.25) is 0 Å². The fraction of sp³-hybridized carbons (Fsp3) is 0.630. The lowest BCUT2D eigenvalue weighted by atomic mass is 9.95. The quantitative estimate of drug-likeness (QED) is 0.445. The molecular weight excluding hydrogens is 428 g/mol. The van der Waals surface area contributed by atoms with Gasteiger partial charge in [0.25, 0.3) is 0 Å². The molecule has 4 rings (SSSR count). The second-order valence-electron chi connectivity index (χ2n) is 9.69. The Labute approximate surface area is 204 Å². The summed E-state index contributed by atoms with van der Waals surface area (Å²) in [5.74, 6) is 0.658. The van der Waals surface area contributed by atoms with Gasteiger partial charge in [-0.3, -0.25) is 19.4 Å². The highest BCUT2D eigenvalue weighted by Gasteiger charge is 2.37. The molecule has 1 aromatic rings. The third-order valence-corrected chi connectivity index (χ3v) is 7.41. The number of carbonyl (C=O) groups excluding carboxylic acids is 2. The molecule has 186 valence electrons. The molecule has 1 aliphatic carbocycles. The van der Waals surface area contributed by atoms with Gasteiger partial charge in [-0.05, 0) is 43.4 Å². The topological polar surface area (TPSA) is 65.1 Å². The second kappa shape index (κ2) is 13.0. The number of hydrogen-bond donors (Lipinski definition) is 1. The Morgan fingerprint density at radius 3 is 2.41 bits per heavy atom. The van der Waals surface area contributed by atoms with Gasteiger partial charge in [0.05, 0.1) is 19.3 Å². The number of benzene rings is 1. The zero-order valence-electron chi connectivity index (χ0n) is 20.4. The highest BCUT2D eigenvalue weighted by atomic mass is 16.5. The van der Waals surface area contributed by atoms with E-state index in [9.17, 15) is 9.59 Å². The van der Waals surface area contributed by atoms with Gasteiger partial charge in [0.1, 0.15) is 0 Å². The summed E-state index contributed by atoms with van der Waals surface area (Å²) in [6.07, 6.45) is 9.21. The minimum atomic E-state index is -0.0667. The van der Waals surface area contributed by atoms with Crippen LogP contribution < -0.4 is 5.32 Å². The lowest BCUT2D eigenvalue weighted by molar-refractivity contribution is -0.132. The van der Waals surface area contributed by atoms with E-state index in [1.807, 2.05) is 41.3 Å². The van der Waals surface area contributed by atoms with Gasteiger partial charge >= 0.3 is 0 Å². The zero-order chi connectivity index (χ0) is 23.6. The van der Waals surface area contributed by atoms with Crippen LogP contribution in [-0.2, 0) is 14.3 Å². The number of morpholine rings is 1. The number of amides is 2. The van der Waals surface area contributed by atoms with Crippen LogP contribution in [0.25, 0.3) is 6.08 Å². The molecule has 7 nitrogen and oxygen atoms in total. The van der Waals surface area contributed by atoms with Crippen molar-refractivity contribution in [2.75, 3.05) is 65.6 Å².